The predicted molar refractivity (Wildman–Crippen MR) is 84.7 cm³/mol. The highest BCUT2D eigenvalue weighted by atomic mass is 14.9. The Morgan fingerprint density at radius 1 is 1.05 bits per heavy atom. The van der Waals surface area contributed by atoms with Crippen LogP contribution in [0.1, 0.15) is 56.7 Å². The second kappa shape index (κ2) is 7.14. The minimum Gasteiger partial charge on any atom is -0.348 e. The number of rotatable bonds is 7. The zero-order valence-corrected chi connectivity index (χ0v) is 12.7. The molecule has 0 aliphatic heterocycles. The van der Waals surface area contributed by atoms with E-state index in [4.69, 9.17) is 5.26 Å². The number of unbranched alkanes of at least 4 members (excludes halogenated alkanes) is 5. The summed E-state index contributed by atoms with van der Waals surface area (Å²) < 4.78 is 2.27. The summed E-state index contributed by atoms with van der Waals surface area (Å²) >= 11 is 0. The summed E-state index contributed by atoms with van der Waals surface area (Å²) in [6.07, 6.45) is 9.13. The number of aryl methyl sites for hydroxylation is 2. The van der Waals surface area contributed by atoms with Gasteiger partial charge >= 0.3 is 0 Å². The number of nitrogens with zero attached hydrogens (tertiary/aromatic N) is 2. The van der Waals surface area contributed by atoms with Crippen molar-refractivity contribution in [3.05, 3.63) is 35.5 Å². The molecule has 0 unspecified atom stereocenters. The van der Waals surface area contributed by atoms with Gasteiger partial charge in [0.15, 0.2) is 0 Å². The molecule has 2 aromatic rings. The Morgan fingerprint density at radius 3 is 2.55 bits per heavy atom. The van der Waals surface area contributed by atoms with Crippen molar-refractivity contribution in [2.75, 3.05) is 0 Å². The molecule has 0 radical (unpaired) electrons. The topological polar surface area (TPSA) is 28.7 Å². The van der Waals surface area contributed by atoms with E-state index in [-0.39, 0.29) is 0 Å². The second-order valence-electron chi connectivity index (χ2n) is 5.60. The van der Waals surface area contributed by atoms with Crippen LogP contribution in [0.3, 0.4) is 0 Å². The molecular weight excluding hydrogens is 244 g/mol. The molecule has 1 aromatic carbocycles. The van der Waals surface area contributed by atoms with Gasteiger partial charge in [-0.1, -0.05) is 39.0 Å². The van der Waals surface area contributed by atoms with Gasteiger partial charge in [0.25, 0.3) is 0 Å². The fraction of sp³-hybridized carbons (Fsp3) is 0.500. The fourth-order valence-corrected chi connectivity index (χ4v) is 2.80. The van der Waals surface area contributed by atoms with Crippen LogP contribution in [0, 0.1) is 11.3 Å². The zero-order valence-electron chi connectivity index (χ0n) is 12.7. The summed E-state index contributed by atoms with van der Waals surface area (Å²) in [5, 5.41) is 10.1. The summed E-state index contributed by atoms with van der Waals surface area (Å²) in [6, 6.07) is 10.4. The summed E-state index contributed by atoms with van der Waals surface area (Å²) in [4.78, 5) is 0. The first-order valence-corrected chi connectivity index (χ1v) is 7.74. The van der Waals surface area contributed by atoms with Gasteiger partial charge in [0.2, 0.25) is 0 Å². The molecule has 0 aliphatic rings. The molecule has 2 rings (SSSR count). The molecule has 0 fully saturated rings. The number of aromatic nitrogens is 1. The molecule has 106 valence electrons. The van der Waals surface area contributed by atoms with Crippen LogP contribution in [0.4, 0.5) is 0 Å². The van der Waals surface area contributed by atoms with E-state index in [1.54, 1.807) is 0 Å². The second-order valence-corrected chi connectivity index (χ2v) is 5.60. The Hall–Kier alpha value is -1.75. The lowest BCUT2D eigenvalue weighted by molar-refractivity contribution is 0.600. The predicted octanol–water partition coefficient (Wildman–Crippen LogP) is 4.95. The standard InChI is InChI=1S/C18H24N2/c1-3-4-5-6-7-8-9-17-13-16-12-15(14-19)10-11-18(16)20(17)2/h10-13H,3-9H2,1-2H3. The van der Waals surface area contributed by atoms with Crippen LogP contribution in [0.15, 0.2) is 24.3 Å². The van der Waals surface area contributed by atoms with Crippen molar-refractivity contribution in [2.24, 2.45) is 7.05 Å². The van der Waals surface area contributed by atoms with Crippen LogP contribution < -0.4 is 0 Å². The maximum Gasteiger partial charge on any atom is 0.0991 e. The van der Waals surface area contributed by atoms with Crippen LogP contribution in [0.2, 0.25) is 0 Å². The molecule has 0 aliphatic carbocycles. The average Bonchev–Trinajstić information content (AvgIpc) is 2.78. The van der Waals surface area contributed by atoms with Gasteiger partial charge in [-0.25, -0.2) is 0 Å². The summed E-state index contributed by atoms with van der Waals surface area (Å²) in [6.45, 7) is 2.25. The lowest BCUT2D eigenvalue weighted by Crippen LogP contribution is -1.96. The minimum atomic E-state index is 0.745. The number of hydrogen-bond donors (Lipinski definition) is 0. The molecule has 0 amide bonds. The Morgan fingerprint density at radius 2 is 1.80 bits per heavy atom. The molecule has 20 heavy (non-hydrogen) atoms. The lowest BCUT2D eigenvalue weighted by atomic mass is 10.1. The average molecular weight is 268 g/mol. The SMILES string of the molecule is CCCCCCCCc1cc2cc(C#N)ccc2n1C. The third-order valence-electron chi connectivity index (χ3n) is 4.06. The molecule has 0 spiro atoms. The van der Waals surface area contributed by atoms with E-state index in [0.29, 0.717) is 0 Å². The van der Waals surface area contributed by atoms with Crippen molar-refractivity contribution in [1.82, 2.24) is 4.57 Å². The smallest absolute Gasteiger partial charge is 0.0991 e. The highest BCUT2D eigenvalue weighted by Crippen LogP contribution is 2.21. The van der Waals surface area contributed by atoms with E-state index in [2.05, 4.69) is 36.7 Å². The van der Waals surface area contributed by atoms with Crippen LogP contribution in [-0.2, 0) is 13.5 Å². The van der Waals surface area contributed by atoms with Gasteiger partial charge in [-0.05, 0) is 37.1 Å². The van der Waals surface area contributed by atoms with Gasteiger partial charge in [-0.15, -0.1) is 0 Å². The van der Waals surface area contributed by atoms with E-state index < -0.39 is 0 Å². The molecule has 0 N–H and O–H groups in total. The van der Waals surface area contributed by atoms with Gasteiger partial charge in [0.1, 0.15) is 0 Å². The van der Waals surface area contributed by atoms with Crippen molar-refractivity contribution in [2.45, 2.75) is 51.9 Å². The van der Waals surface area contributed by atoms with Crippen molar-refractivity contribution in [1.29, 1.82) is 5.26 Å². The summed E-state index contributed by atoms with van der Waals surface area (Å²) in [5.74, 6) is 0. The Bertz CT molecular complexity index is 602. The Balaban J connectivity index is 1.97. The molecule has 0 bridgehead atoms. The molecule has 0 atom stereocenters. The molecule has 2 nitrogen and oxygen atoms in total. The molecule has 1 heterocycles. The van der Waals surface area contributed by atoms with Crippen molar-refractivity contribution in [3.8, 4) is 6.07 Å². The molecular formula is C18H24N2. The van der Waals surface area contributed by atoms with E-state index in [1.165, 1.54) is 55.1 Å². The van der Waals surface area contributed by atoms with Gasteiger partial charge in [-0.3, -0.25) is 0 Å². The monoisotopic (exact) mass is 268 g/mol. The maximum atomic E-state index is 8.96. The number of hydrogen-bond acceptors (Lipinski definition) is 1. The fourth-order valence-electron chi connectivity index (χ4n) is 2.80. The Labute approximate surface area is 122 Å². The first kappa shape index (κ1) is 14.7. The van der Waals surface area contributed by atoms with Crippen molar-refractivity contribution in [3.63, 3.8) is 0 Å². The van der Waals surface area contributed by atoms with Crippen LogP contribution >= 0.6 is 0 Å². The first-order valence-electron chi connectivity index (χ1n) is 7.74. The lowest BCUT2D eigenvalue weighted by Gasteiger charge is -2.04. The molecule has 1 aromatic heterocycles. The largest absolute Gasteiger partial charge is 0.348 e. The van der Waals surface area contributed by atoms with Crippen molar-refractivity contribution >= 4 is 10.9 Å². The van der Waals surface area contributed by atoms with E-state index in [1.807, 2.05) is 12.1 Å². The zero-order chi connectivity index (χ0) is 14.4. The number of nitriles is 1. The van der Waals surface area contributed by atoms with Gasteiger partial charge < -0.3 is 4.57 Å². The van der Waals surface area contributed by atoms with E-state index in [9.17, 15) is 0 Å². The quantitative estimate of drug-likeness (QED) is 0.653. The van der Waals surface area contributed by atoms with Gasteiger partial charge in [0.05, 0.1) is 11.6 Å². The molecule has 0 saturated heterocycles. The van der Waals surface area contributed by atoms with Gasteiger partial charge in [0, 0.05) is 23.6 Å². The third kappa shape index (κ3) is 3.42. The Kier molecular flexibility index (Phi) is 5.24. The number of benzene rings is 1. The minimum absolute atomic E-state index is 0.745. The van der Waals surface area contributed by atoms with E-state index in [0.717, 1.165) is 12.0 Å². The summed E-state index contributed by atoms with van der Waals surface area (Å²) in [7, 11) is 2.13. The summed E-state index contributed by atoms with van der Waals surface area (Å²) in [5.41, 5.74) is 3.35. The molecule has 0 saturated carbocycles. The van der Waals surface area contributed by atoms with Crippen LogP contribution in [0.5, 0.6) is 0 Å². The normalized spacial score (nSPS) is 10.8. The number of fused-ring (bicyclic) bond motifs is 1. The highest BCUT2D eigenvalue weighted by Gasteiger charge is 2.06. The maximum absolute atomic E-state index is 8.96. The van der Waals surface area contributed by atoms with Crippen LogP contribution in [-0.4, -0.2) is 4.57 Å². The highest BCUT2D eigenvalue weighted by molar-refractivity contribution is 5.82. The van der Waals surface area contributed by atoms with Crippen LogP contribution in [0.25, 0.3) is 10.9 Å². The van der Waals surface area contributed by atoms with Gasteiger partial charge in [-0.2, -0.15) is 5.26 Å². The van der Waals surface area contributed by atoms with E-state index >= 15 is 0 Å². The molecule has 2 heteroatoms. The van der Waals surface area contributed by atoms with Crippen molar-refractivity contribution < 1.29 is 0 Å². The first-order chi connectivity index (χ1) is 9.76. The third-order valence-corrected chi connectivity index (χ3v) is 4.06.